The van der Waals surface area contributed by atoms with E-state index in [-0.39, 0.29) is 0 Å². The highest BCUT2D eigenvalue weighted by Crippen LogP contribution is 2.32. The van der Waals surface area contributed by atoms with Gasteiger partial charge in [-0.15, -0.1) is 0 Å². The highest BCUT2D eigenvalue weighted by atomic mass is 15.0. The van der Waals surface area contributed by atoms with Crippen LogP contribution in [0.25, 0.3) is 45.0 Å². The van der Waals surface area contributed by atoms with Crippen LogP contribution < -0.4 is 0 Å². The Morgan fingerprint density at radius 2 is 1.26 bits per heavy atom. The number of benzene rings is 2. The van der Waals surface area contributed by atoms with Crippen LogP contribution in [0.2, 0.25) is 0 Å². The summed E-state index contributed by atoms with van der Waals surface area (Å²) >= 11 is 0. The molecule has 0 unspecified atom stereocenters. The van der Waals surface area contributed by atoms with Crippen molar-refractivity contribution >= 4 is 11.1 Å². The molecule has 4 nitrogen and oxygen atoms in total. The highest BCUT2D eigenvalue weighted by Gasteiger charge is 2.15. The van der Waals surface area contributed by atoms with Crippen LogP contribution in [0, 0.1) is 13.8 Å². The first kappa shape index (κ1) is 28.2. The number of rotatable bonds is 7. The molecular weight excluding hydrogens is 524 g/mol. The first-order valence-electron chi connectivity index (χ1n) is 15.0. The van der Waals surface area contributed by atoms with E-state index in [0.29, 0.717) is 17.5 Å². The number of pyridine rings is 1. The minimum atomic E-state index is 0.656. The van der Waals surface area contributed by atoms with Gasteiger partial charge in [0.1, 0.15) is 0 Å². The molecule has 0 saturated carbocycles. The SMILES string of the molecule is C=C(/C(=C\C)C1=CCCC=C1)c1ccc(-c2nc(C3=CCCC=C3)nc(-c3ccc(-c4ccc(C)nc4C)cc3)n2)cc1. The van der Waals surface area contributed by atoms with Crippen molar-refractivity contribution in [2.75, 3.05) is 0 Å². The smallest absolute Gasteiger partial charge is 0.164 e. The Labute approximate surface area is 254 Å². The van der Waals surface area contributed by atoms with Crippen LogP contribution >= 0.6 is 0 Å². The molecule has 0 amide bonds. The lowest BCUT2D eigenvalue weighted by molar-refractivity contribution is 1.01. The lowest BCUT2D eigenvalue weighted by Crippen LogP contribution is -2.03. The third-order valence-corrected chi connectivity index (χ3v) is 7.98. The fourth-order valence-electron chi connectivity index (χ4n) is 5.64. The van der Waals surface area contributed by atoms with Gasteiger partial charge in [0, 0.05) is 33.7 Å². The van der Waals surface area contributed by atoms with Gasteiger partial charge in [0.15, 0.2) is 17.5 Å². The Bertz CT molecular complexity index is 1830. The van der Waals surface area contributed by atoms with Crippen LogP contribution in [0.1, 0.15) is 55.4 Å². The maximum Gasteiger partial charge on any atom is 0.164 e. The van der Waals surface area contributed by atoms with E-state index in [1.54, 1.807) is 0 Å². The van der Waals surface area contributed by atoms with Crippen molar-refractivity contribution < 1.29 is 0 Å². The fraction of sp³-hybridized carbons (Fsp3) is 0.179. The van der Waals surface area contributed by atoms with Gasteiger partial charge in [-0.3, -0.25) is 4.98 Å². The largest absolute Gasteiger partial charge is 0.258 e. The van der Waals surface area contributed by atoms with Crippen molar-refractivity contribution in [2.45, 2.75) is 46.5 Å². The predicted molar refractivity (Wildman–Crippen MR) is 179 cm³/mol. The third-order valence-electron chi connectivity index (χ3n) is 7.98. The molecule has 0 aliphatic heterocycles. The molecule has 2 aromatic heterocycles. The molecule has 2 heterocycles. The van der Waals surface area contributed by atoms with Crippen LogP contribution in [0.5, 0.6) is 0 Å². The molecule has 43 heavy (non-hydrogen) atoms. The van der Waals surface area contributed by atoms with Crippen LogP contribution in [0.3, 0.4) is 0 Å². The van der Waals surface area contributed by atoms with Gasteiger partial charge >= 0.3 is 0 Å². The van der Waals surface area contributed by atoms with E-state index in [9.17, 15) is 0 Å². The minimum absolute atomic E-state index is 0.656. The molecule has 2 aliphatic rings. The van der Waals surface area contributed by atoms with Crippen LogP contribution in [-0.2, 0) is 0 Å². The van der Waals surface area contributed by atoms with Gasteiger partial charge in [-0.05, 0) is 80.4 Å². The first-order valence-corrected chi connectivity index (χ1v) is 15.0. The van der Waals surface area contributed by atoms with Crippen molar-refractivity contribution in [3.05, 3.63) is 144 Å². The summed E-state index contributed by atoms with van der Waals surface area (Å²) in [4.78, 5) is 19.5. The summed E-state index contributed by atoms with van der Waals surface area (Å²) in [6.45, 7) is 10.6. The number of aromatic nitrogens is 4. The van der Waals surface area contributed by atoms with Gasteiger partial charge in [0.25, 0.3) is 0 Å². The minimum Gasteiger partial charge on any atom is -0.258 e. The molecule has 0 spiro atoms. The summed E-state index contributed by atoms with van der Waals surface area (Å²) in [7, 11) is 0. The molecule has 0 N–H and O–H groups in total. The van der Waals surface area contributed by atoms with Gasteiger partial charge in [0.2, 0.25) is 0 Å². The molecule has 212 valence electrons. The molecule has 6 rings (SSSR count). The van der Waals surface area contributed by atoms with Crippen molar-refractivity contribution in [3.63, 3.8) is 0 Å². The second-order valence-electron chi connectivity index (χ2n) is 11.0. The van der Waals surface area contributed by atoms with Crippen LogP contribution in [0.15, 0.2) is 121 Å². The average molecular weight is 561 g/mol. The van der Waals surface area contributed by atoms with Crippen molar-refractivity contribution in [1.82, 2.24) is 19.9 Å². The van der Waals surface area contributed by atoms with Crippen molar-refractivity contribution in [1.29, 1.82) is 0 Å². The zero-order valence-corrected chi connectivity index (χ0v) is 25.1. The van der Waals surface area contributed by atoms with E-state index < -0.39 is 0 Å². The van der Waals surface area contributed by atoms with Crippen LogP contribution in [0.4, 0.5) is 0 Å². The summed E-state index contributed by atoms with van der Waals surface area (Å²) in [6.07, 6.45) is 19.6. The molecule has 0 bridgehead atoms. The van der Waals surface area contributed by atoms with Gasteiger partial charge in [0.05, 0.1) is 0 Å². The van der Waals surface area contributed by atoms with E-state index in [1.807, 2.05) is 6.92 Å². The van der Waals surface area contributed by atoms with Crippen molar-refractivity contribution in [2.24, 2.45) is 0 Å². The summed E-state index contributed by atoms with van der Waals surface area (Å²) in [6, 6.07) is 21.0. The van der Waals surface area contributed by atoms with Gasteiger partial charge < -0.3 is 0 Å². The Morgan fingerprint density at radius 1 is 0.651 bits per heavy atom. The molecule has 4 heteroatoms. The Kier molecular flexibility index (Phi) is 8.19. The van der Waals surface area contributed by atoms with Gasteiger partial charge in [-0.2, -0.15) is 0 Å². The topological polar surface area (TPSA) is 51.6 Å². The standard InChI is InChI=1S/C39H36N4/c1-5-35(30-12-8-6-9-13-30)27(3)29-17-21-33(22-18-29)38-41-37(32-14-10-7-11-15-32)42-39(43-38)34-23-19-31(20-24-34)36-25-16-26(2)40-28(36)4/h5,8,10,12-25H,3,6-7,9,11H2,1-2,4H3/b35-5+. The molecule has 0 fully saturated rings. The van der Waals surface area contributed by atoms with Gasteiger partial charge in [-0.25, -0.2) is 15.0 Å². The maximum absolute atomic E-state index is 4.96. The number of hydrogen-bond acceptors (Lipinski definition) is 4. The number of allylic oxidation sites excluding steroid dienone is 11. The van der Waals surface area contributed by atoms with Gasteiger partial charge in [-0.1, -0.05) is 104 Å². The van der Waals surface area contributed by atoms with E-state index in [2.05, 4.69) is 129 Å². The third kappa shape index (κ3) is 6.14. The predicted octanol–water partition coefficient (Wildman–Crippen LogP) is 9.85. The number of aryl methyl sites for hydroxylation is 2. The summed E-state index contributed by atoms with van der Waals surface area (Å²) in [5, 5.41) is 0. The number of hydrogen-bond donors (Lipinski definition) is 0. The van der Waals surface area contributed by atoms with Crippen molar-refractivity contribution in [3.8, 4) is 33.9 Å². The normalized spacial score (nSPS) is 14.8. The average Bonchev–Trinajstić information content (AvgIpc) is 3.06. The zero-order chi connectivity index (χ0) is 29.8. The molecule has 4 aromatic rings. The first-order chi connectivity index (χ1) is 21.0. The summed E-state index contributed by atoms with van der Waals surface area (Å²) in [5.74, 6) is 2.01. The second kappa shape index (κ2) is 12.5. The molecule has 0 radical (unpaired) electrons. The highest BCUT2D eigenvalue weighted by molar-refractivity contribution is 5.84. The molecule has 0 atom stereocenters. The summed E-state index contributed by atoms with van der Waals surface area (Å²) < 4.78 is 0. The quantitative estimate of drug-likeness (QED) is 0.211. The second-order valence-corrected chi connectivity index (χ2v) is 11.0. The molecule has 2 aliphatic carbocycles. The lowest BCUT2D eigenvalue weighted by atomic mass is 9.90. The molecule has 0 saturated heterocycles. The van der Waals surface area contributed by atoms with Crippen LogP contribution in [-0.4, -0.2) is 19.9 Å². The Hall–Kier alpha value is -4.96. The zero-order valence-electron chi connectivity index (χ0n) is 25.1. The van der Waals surface area contributed by atoms with E-state index in [1.165, 1.54) is 11.1 Å². The summed E-state index contributed by atoms with van der Waals surface area (Å²) in [5.41, 5.74) is 11.7. The molecule has 2 aromatic carbocycles. The molecular formula is C39H36N4. The fourth-order valence-corrected chi connectivity index (χ4v) is 5.64. The Balaban J connectivity index is 1.35. The van der Waals surface area contributed by atoms with E-state index >= 15 is 0 Å². The van der Waals surface area contributed by atoms with E-state index in [4.69, 9.17) is 15.0 Å². The number of nitrogens with zero attached hydrogens (tertiary/aromatic N) is 4. The maximum atomic E-state index is 4.96. The monoisotopic (exact) mass is 560 g/mol. The van der Waals surface area contributed by atoms with E-state index in [0.717, 1.165) is 76.0 Å². The lowest BCUT2D eigenvalue weighted by Gasteiger charge is -2.15. The Morgan fingerprint density at radius 3 is 1.84 bits per heavy atom.